The molecule has 18 heavy (non-hydrogen) atoms. The first-order chi connectivity index (χ1) is 8.60. The van der Waals surface area contributed by atoms with Crippen LogP contribution in [0.1, 0.15) is 30.2 Å². The summed E-state index contributed by atoms with van der Waals surface area (Å²) in [7, 11) is 1.84. The highest BCUT2D eigenvalue weighted by Gasteiger charge is 2.13. The van der Waals surface area contributed by atoms with Gasteiger partial charge in [0.05, 0.1) is 6.04 Å². The van der Waals surface area contributed by atoms with E-state index in [1.54, 1.807) is 12.1 Å². The molecule has 1 atom stereocenters. The number of halogens is 2. The number of benzene rings is 1. The predicted molar refractivity (Wildman–Crippen MR) is 71.0 cm³/mol. The molecule has 1 aromatic carbocycles. The van der Waals surface area contributed by atoms with Gasteiger partial charge in [0.1, 0.15) is 0 Å². The maximum atomic E-state index is 6.09. The molecule has 0 spiro atoms. The van der Waals surface area contributed by atoms with Crippen molar-refractivity contribution < 1.29 is 4.52 Å². The summed E-state index contributed by atoms with van der Waals surface area (Å²) in [6, 6.07) is 5.39. The van der Waals surface area contributed by atoms with Crippen LogP contribution in [0.4, 0.5) is 0 Å². The first-order valence-electron chi connectivity index (χ1n) is 5.54. The Bertz CT molecular complexity index is 542. The molecule has 0 aliphatic carbocycles. The zero-order valence-corrected chi connectivity index (χ0v) is 11.6. The standard InChI is InChI=1S/C12H13Cl2N3O/c1-7(15-2)12-16-11(17-18-12)5-8-3-4-9(13)6-10(8)14/h3-4,6-7,15H,5H2,1-2H3. The summed E-state index contributed by atoms with van der Waals surface area (Å²) in [4.78, 5) is 4.31. The van der Waals surface area contributed by atoms with Crippen molar-refractivity contribution in [3.63, 3.8) is 0 Å². The number of rotatable bonds is 4. The zero-order chi connectivity index (χ0) is 13.1. The molecule has 0 saturated carbocycles. The Morgan fingerprint density at radius 2 is 2.17 bits per heavy atom. The second-order valence-corrected chi connectivity index (χ2v) is 4.82. The normalized spacial score (nSPS) is 12.7. The van der Waals surface area contributed by atoms with Crippen LogP contribution in [-0.4, -0.2) is 17.2 Å². The fourth-order valence-electron chi connectivity index (χ4n) is 1.47. The molecule has 1 aromatic heterocycles. The van der Waals surface area contributed by atoms with Gasteiger partial charge >= 0.3 is 0 Å². The Kier molecular flexibility index (Phi) is 4.22. The van der Waals surface area contributed by atoms with Gasteiger partial charge in [-0.1, -0.05) is 34.4 Å². The summed E-state index contributed by atoms with van der Waals surface area (Å²) in [6.07, 6.45) is 0.524. The molecule has 0 fully saturated rings. The molecule has 0 saturated heterocycles. The van der Waals surface area contributed by atoms with Crippen LogP contribution in [0.25, 0.3) is 0 Å². The van der Waals surface area contributed by atoms with Crippen LogP contribution in [0.3, 0.4) is 0 Å². The van der Waals surface area contributed by atoms with Gasteiger partial charge in [-0.25, -0.2) is 0 Å². The van der Waals surface area contributed by atoms with Crippen LogP contribution in [0.5, 0.6) is 0 Å². The number of hydrogen-bond acceptors (Lipinski definition) is 4. The fraction of sp³-hybridized carbons (Fsp3) is 0.333. The highest BCUT2D eigenvalue weighted by Crippen LogP contribution is 2.23. The minimum Gasteiger partial charge on any atom is -0.338 e. The summed E-state index contributed by atoms with van der Waals surface area (Å²) < 4.78 is 5.16. The molecule has 0 bridgehead atoms. The lowest BCUT2D eigenvalue weighted by Gasteiger charge is -2.02. The summed E-state index contributed by atoms with van der Waals surface area (Å²) in [5.74, 6) is 1.17. The molecule has 1 unspecified atom stereocenters. The molecule has 4 nitrogen and oxygen atoms in total. The smallest absolute Gasteiger partial charge is 0.243 e. The average molecular weight is 286 g/mol. The van der Waals surface area contributed by atoms with E-state index >= 15 is 0 Å². The minimum absolute atomic E-state index is 0.0342. The van der Waals surface area contributed by atoms with Crippen molar-refractivity contribution in [1.29, 1.82) is 0 Å². The van der Waals surface area contributed by atoms with E-state index in [0.717, 1.165) is 5.56 Å². The van der Waals surface area contributed by atoms with Crippen LogP contribution < -0.4 is 5.32 Å². The Hall–Kier alpha value is -1.10. The van der Waals surface area contributed by atoms with Crippen LogP contribution in [0.15, 0.2) is 22.7 Å². The van der Waals surface area contributed by atoms with E-state index in [9.17, 15) is 0 Å². The molecular weight excluding hydrogens is 273 g/mol. The molecule has 0 amide bonds. The summed E-state index contributed by atoms with van der Waals surface area (Å²) in [6.45, 7) is 1.95. The number of nitrogens with zero attached hydrogens (tertiary/aromatic N) is 2. The molecule has 6 heteroatoms. The van der Waals surface area contributed by atoms with Crippen molar-refractivity contribution in [3.05, 3.63) is 45.5 Å². The van der Waals surface area contributed by atoms with Crippen LogP contribution in [-0.2, 0) is 6.42 Å². The Morgan fingerprint density at radius 1 is 1.39 bits per heavy atom. The number of aromatic nitrogens is 2. The van der Waals surface area contributed by atoms with Crippen molar-refractivity contribution in [2.75, 3.05) is 7.05 Å². The first kappa shape index (κ1) is 13.3. The molecule has 0 aliphatic heterocycles. The van der Waals surface area contributed by atoms with Gasteiger partial charge in [-0.2, -0.15) is 4.98 Å². The first-order valence-corrected chi connectivity index (χ1v) is 6.29. The lowest BCUT2D eigenvalue weighted by Crippen LogP contribution is -2.12. The van der Waals surface area contributed by atoms with Crippen molar-refractivity contribution in [2.45, 2.75) is 19.4 Å². The Labute approximate surface area is 115 Å². The van der Waals surface area contributed by atoms with Gasteiger partial charge in [0.2, 0.25) is 5.89 Å². The molecule has 1 heterocycles. The van der Waals surface area contributed by atoms with Crippen molar-refractivity contribution in [1.82, 2.24) is 15.5 Å². The third kappa shape index (κ3) is 3.02. The molecular formula is C12H13Cl2N3O. The van der Waals surface area contributed by atoms with Gasteiger partial charge in [-0.05, 0) is 31.7 Å². The third-order valence-corrected chi connectivity index (χ3v) is 3.24. The van der Waals surface area contributed by atoms with Gasteiger partial charge in [-0.3, -0.25) is 0 Å². The topological polar surface area (TPSA) is 51.0 Å². The summed E-state index contributed by atoms with van der Waals surface area (Å²) >= 11 is 11.9. The third-order valence-electron chi connectivity index (χ3n) is 2.65. The van der Waals surface area contributed by atoms with Gasteiger partial charge in [0.15, 0.2) is 5.82 Å². The van der Waals surface area contributed by atoms with E-state index in [2.05, 4.69) is 15.5 Å². The average Bonchev–Trinajstić information content (AvgIpc) is 2.80. The second-order valence-electron chi connectivity index (χ2n) is 3.97. The minimum atomic E-state index is 0.0342. The Morgan fingerprint density at radius 3 is 2.83 bits per heavy atom. The monoisotopic (exact) mass is 285 g/mol. The Balaban J connectivity index is 2.16. The van der Waals surface area contributed by atoms with Crippen LogP contribution >= 0.6 is 23.2 Å². The van der Waals surface area contributed by atoms with Crippen molar-refractivity contribution >= 4 is 23.2 Å². The second kappa shape index (κ2) is 5.69. The fourth-order valence-corrected chi connectivity index (χ4v) is 1.95. The van der Waals surface area contributed by atoms with Crippen molar-refractivity contribution in [3.8, 4) is 0 Å². The van der Waals surface area contributed by atoms with Gasteiger partial charge in [0.25, 0.3) is 0 Å². The molecule has 0 aliphatic rings. The molecule has 2 aromatic rings. The molecule has 96 valence electrons. The highest BCUT2D eigenvalue weighted by molar-refractivity contribution is 6.35. The van der Waals surface area contributed by atoms with E-state index in [1.807, 2.05) is 20.0 Å². The maximum absolute atomic E-state index is 6.09. The van der Waals surface area contributed by atoms with E-state index in [-0.39, 0.29) is 6.04 Å². The number of hydrogen-bond donors (Lipinski definition) is 1. The van der Waals surface area contributed by atoms with Crippen molar-refractivity contribution in [2.24, 2.45) is 0 Å². The van der Waals surface area contributed by atoms with Crippen LogP contribution in [0.2, 0.25) is 10.0 Å². The molecule has 2 rings (SSSR count). The molecule has 0 radical (unpaired) electrons. The largest absolute Gasteiger partial charge is 0.338 e. The van der Waals surface area contributed by atoms with Crippen LogP contribution in [0, 0.1) is 0 Å². The van der Waals surface area contributed by atoms with Gasteiger partial charge < -0.3 is 9.84 Å². The summed E-state index contributed by atoms with van der Waals surface area (Å²) in [5, 5.41) is 8.18. The quantitative estimate of drug-likeness (QED) is 0.937. The maximum Gasteiger partial charge on any atom is 0.243 e. The predicted octanol–water partition coefficient (Wildman–Crippen LogP) is 3.25. The lowest BCUT2D eigenvalue weighted by molar-refractivity contribution is 0.344. The van der Waals surface area contributed by atoms with E-state index < -0.39 is 0 Å². The van der Waals surface area contributed by atoms with Gasteiger partial charge in [0, 0.05) is 16.5 Å². The molecule has 1 N–H and O–H groups in total. The highest BCUT2D eigenvalue weighted by atomic mass is 35.5. The SMILES string of the molecule is CNC(C)c1nc(Cc2ccc(Cl)cc2Cl)no1. The van der Waals surface area contributed by atoms with E-state index in [1.165, 1.54) is 0 Å². The zero-order valence-electron chi connectivity index (χ0n) is 10.1. The van der Waals surface area contributed by atoms with E-state index in [4.69, 9.17) is 27.7 Å². The number of nitrogens with one attached hydrogen (secondary N) is 1. The lowest BCUT2D eigenvalue weighted by atomic mass is 10.1. The summed E-state index contributed by atoms with van der Waals surface area (Å²) in [5.41, 5.74) is 0.922. The van der Waals surface area contributed by atoms with Gasteiger partial charge in [-0.15, -0.1) is 0 Å². The van der Waals surface area contributed by atoms with E-state index in [0.29, 0.717) is 28.2 Å².